The van der Waals surface area contributed by atoms with Crippen molar-refractivity contribution in [1.82, 2.24) is 9.97 Å². The highest BCUT2D eigenvalue weighted by molar-refractivity contribution is 9.10. The number of hydrogen-bond donors (Lipinski definition) is 1. The van der Waals surface area contributed by atoms with Gasteiger partial charge in [0.2, 0.25) is 5.88 Å². The Morgan fingerprint density at radius 1 is 1.10 bits per heavy atom. The number of halogens is 1. The van der Waals surface area contributed by atoms with E-state index in [9.17, 15) is 0 Å². The minimum Gasteiger partial charge on any atom is -0.436 e. The third-order valence-corrected chi connectivity index (χ3v) is 4.01. The van der Waals surface area contributed by atoms with Crippen molar-refractivity contribution in [2.45, 2.75) is 32.1 Å². The molecule has 4 nitrogen and oxygen atoms in total. The van der Waals surface area contributed by atoms with Crippen molar-refractivity contribution in [3.63, 3.8) is 0 Å². The van der Waals surface area contributed by atoms with Crippen LogP contribution in [0.2, 0.25) is 0 Å². The van der Waals surface area contributed by atoms with Gasteiger partial charge in [-0.3, -0.25) is 0 Å². The lowest BCUT2D eigenvalue weighted by molar-refractivity contribution is 0.455. The number of ether oxygens (including phenoxy) is 1. The molecule has 5 heteroatoms. The van der Waals surface area contributed by atoms with E-state index in [1.54, 1.807) is 6.33 Å². The fourth-order valence-electron chi connectivity index (χ4n) is 2.47. The number of rotatable bonds is 2. The first-order chi connectivity index (χ1) is 9.74. The van der Waals surface area contributed by atoms with Crippen LogP contribution in [0.5, 0.6) is 11.6 Å². The average molecular weight is 334 g/mol. The molecule has 1 aliphatic carbocycles. The quantitative estimate of drug-likeness (QED) is 0.669. The molecule has 20 heavy (non-hydrogen) atoms. The van der Waals surface area contributed by atoms with Crippen LogP contribution in [0.1, 0.15) is 30.5 Å². The Kier molecular flexibility index (Phi) is 3.87. The number of anilines is 1. The van der Waals surface area contributed by atoms with Gasteiger partial charge in [0.15, 0.2) is 5.75 Å². The highest BCUT2D eigenvalue weighted by Crippen LogP contribution is 2.33. The second kappa shape index (κ2) is 5.79. The number of fused-ring (bicyclic) bond motifs is 1. The molecule has 0 fully saturated rings. The van der Waals surface area contributed by atoms with E-state index < -0.39 is 0 Å². The molecule has 0 aliphatic heterocycles. The maximum Gasteiger partial charge on any atom is 0.225 e. The molecule has 0 saturated carbocycles. The summed E-state index contributed by atoms with van der Waals surface area (Å²) >= 11 is 3.39. The first-order valence-corrected chi connectivity index (χ1v) is 7.59. The van der Waals surface area contributed by atoms with Gasteiger partial charge in [-0.1, -0.05) is 22.4 Å². The van der Waals surface area contributed by atoms with Gasteiger partial charge < -0.3 is 10.5 Å². The van der Waals surface area contributed by atoms with Crippen molar-refractivity contribution in [2.75, 3.05) is 5.73 Å². The third-order valence-electron chi connectivity index (χ3n) is 3.51. The third kappa shape index (κ3) is 2.77. The van der Waals surface area contributed by atoms with Crippen molar-refractivity contribution in [2.24, 2.45) is 0 Å². The van der Waals surface area contributed by atoms with Crippen molar-refractivity contribution < 1.29 is 4.74 Å². The number of nitrogens with two attached hydrogens (primary N) is 1. The minimum absolute atomic E-state index is 0.598. The van der Waals surface area contributed by atoms with Crippen LogP contribution < -0.4 is 10.5 Å². The second-order valence-electron chi connectivity index (χ2n) is 4.95. The molecular weight excluding hydrogens is 318 g/mol. The predicted molar refractivity (Wildman–Crippen MR) is 81.9 cm³/mol. The maximum absolute atomic E-state index is 5.98. The molecule has 2 aromatic rings. The summed E-state index contributed by atoms with van der Waals surface area (Å²) in [6, 6.07) is 5.59. The summed E-state index contributed by atoms with van der Waals surface area (Å²) in [6.07, 6.45) is 7.13. The Balaban J connectivity index is 1.94. The Bertz CT molecular complexity index is 631. The molecule has 1 heterocycles. The Hall–Kier alpha value is -1.62. The van der Waals surface area contributed by atoms with Crippen LogP contribution in [0, 0.1) is 0 Å². The lowest BCUT2D eigenvalue weighted by Gasteiger charge is -2.12. The fourth-order valence-corrected chi connectivity index (χ4v) is 2.85. The summed E-state index contributed by atoms with van der Waals surface area (Å²) in [4.78, 5) is 8.68. The van der Waals surface area contributed by atoms with Crippen LogP contribution in [-0.4, -0.2) is 9.97 Å². The van der Waals surface area contributed by atoms with E-state index in [4.69, 9.17) is 10.5 Å². The molecule has 0 saturated heterocycles. The summed E-state index contributed by atoms with van der Waals surface area (Å²) in [6.45, 7) is 0. The number of hydrogen-bond acceptors (Lipinski definition) is 4. The van der Waals surface area contributed by atoms with Crippen LogP contribution >= 0.6 is 15.9 Å². The highest BCUT2D eigenvalue weighted by atomic mass is 79.9. The van der Waals surface area contributed by atoms with E-state index in [-0.39, 0.29) is 0 Å². The molecule has 104 valence electrons. The van der Waals surface area contributed by atoms with Gasteiger partial charge in [0.25, 0.3) is 0 Å². The van der Waals surface area contributed by atoms with Crippen molar-refractivity contribution in [3.8, 4) is 11.6 Å². The predicted octanol–water partition coefficient (Wildman–Crippen LogP) is 3.88. The van der Waals surface area contributed by atoms with Gasteiger partial charge in [0, 0.05) is 10.0 Å². The molecule has 1 aromatic carbocycles. The molecule has 0 atom stereocenters. The van der Waals surface area contributed by atoms with E-state index in [1.165, 1.54) is 12.8 Å². The molecule has 1 aromatic heterocycles. The van der Waals surface area contributed by atoms with Crippen LogP contribution in [0.4, 0.5) is 5.69 Å². The lowest BCUT2D eigenvalue weighted by atomic mass is 10.1. The molecule has 0 radical (unpaired) electrons. The fraction of sp³-hybridized carbons (Fsp3) is 0.333. The average Bonchev–Trinajstić information content (AvgIpc) is 2.68. The van der Waals surface area contributed by atoms with E-state index in [2.05, 4.69) is 25.9 Å². The molecule has 3 rings (SSSR count). The number of nitrogens with zero attached hydrogens (tertiary/aromatic N) is 2. The van der Waals surface area contributed by atoms with Crippen LogP contribution in [0.25, 0.3) is 0 Å². The van der Waals surface area contributed by atoms with Crippen LogP contribution in [0.3, 0.4) is 0 Å². The zero-order valence-corrected chi connectivity index (χ0v) is 12.7. The van der Waals surface area contributed by atoms with E-state index in [1.807, 2.05) is 18.2 Å². The van der Waals surface area contributed by atoms with Gasteiger partial charge in [-0.05, 0) is 43.9 Å². The molecule has 0 spiro atoms. The van der Waals surface area contributed by atoms with Gasteiger partial charge in [-0.25, -0.2) is 9.97 Å². The van der Waals surface area contributed by atoms with Crippen LogP contribution in [0.15, 0.2) is 29.0 Å². The first kappa shape index (κ1) is 13.4. The van der Waals surface area contributed by atoms with Crippen molar-refractivity contribution in [1.29, 1.82) is 0 Å². The summed E-state index contributed by atoms with van der Waals surface area (Å²) in [5.41, 5.74) is 8.82. The summed E-state index contributed by atoms with van der Waals surface area (Å²) in [7, 11) is 0. The smallest absolute Gasteiger partial charge is 0.225 e. The summed E-state index contributed by atoms with van der Waals surface area (Å²) in [5.74, 6) is 1.28. The number of nitrogen functional groups attached to an aromatic ring is 1. The van der Waals surface area contributed by atoms with Crippen LogP contribution in [-0.2, 0) is 12.8 Å². The van der Waals surface area contributed by atoms with Crippen molar-refractivity contribution in [3.05, 3.63) is 40.3 Å². The van der Waals surface area contributed by atoms with Gasteiger partial charge >= 0.3 is 0 Å². The topological polar surface area (TPSA) is 61.0 Å². The van der Waals surface area contributed by atoms with Crippen molar-refractivity contribution >= 4 is 21.6 Å². The molecule has 2 N–H and O–H groups in total. The van der Waals surface area contributed by atoms with Gasteiger partial charge in [-0.15, -0.1) is 0 Å². The van der Waals surface area contributed by atoms with E-state index >= 15 is 0 Å². The van der Waals surface area contributed by atoms with Gasteiger partial charge in [-0.2, -0.15) is 0 Å². The monoisotopic (exact) mass is 333 g/mol. The zero-order valence-electron chi connectivity index (χ0n) is 11.1. The number of aromatic nitrogens is 2. The Labute approximate surface area is 126 Å². The molecule has 0 amide bonds. The lowest BCUT2D eigenvalue weighted by Crippen LogP contribution is -2.02. The normalized spacial score (nSPS) is 14.4. The second-order valence-corrected chi connectivity index (χ2v) is 5.86. The van der Waals surface area contributed by atoms with Gasteiger partial charge in [0.1, 0.15) is 6.33 Å². The number of aryl methyl sites for hydroxylation is 1. The summed E-state index contributed by atoms with van der Waals surface area (Å²) in [5, 5.41) is 0. The maximum atomic E-state index is 5.98. The molecule has 1 aliphatic rings. The summed E-state index contributed by atoms with van der Waals surface area (Å²) < 4.78 is 6.86. The highest BCUT2D eigenvalue weighted by Gasteiger charge is 2.16. The zero-order chi connectivity index (χ0) is 13.9. The first-order valence-electron chi connectivity index (χ1n) is 6.79. The van der Waals surface area contributed by atoms with Gasteiger partial charge in [0.05, 0.1) is 11.4 Å². The molecular formula is C15H16BrN3O. The molecule has 0 bridgehead atoms. The standard InChI is InChI=1S/C15H16BrN3O/c16-10-6-7-14(12(17)8-10)20-15-11-4-2-1-3-5-13(11)18-9-19-15/h6-9H,1-5,17H2. The minimum atomic E-state index is 0.598. The van der Waals surface area contributed by atoms with E-state index in [0.29, 0.717) is 17.3 Å². The molecule has 0 unspecified atom stereocenters. The van der Waals surface area contributed by atoms with E-state index in [0.717, 1.165) is 35.0 Å². The number of benzene rings is 1. The Morgan fingerprint density at radius 3 is 2.80 bits per heavy atom. The SMILES string of the molecule is Nc1cc(Br)ccc1Oc1ncnc2c1CCCCC2. The Morgan fingerprint density at radius 2 is 1.95 bits per heavy atom. The largest absolute Gasteiger partial charge is 0.436 e.